The number of carbonyl (C=O) groups is 1. The van der Waals surface area contributed by atoms with Crippen molar-refractivity contribution in [3.05, 3.63) is 78.0 Å². The van der Waals surface area contributed by atoms with Gasteiger partial charge in [-0.3, -0.25) is 4.79 Å². The normalized spacial score (nSPS) is 10.4. The topological polar surface area (TPSA) is 61.4 Å². The molecule has 0 aliphatic heterocycles. The lowest BCUT2D eigenvalue weighted by Crippen LogP contribution is -2.31. The molecular weight excluding hydrogens is 350 g/mol. The molecule has 2 aromatic carbocycles. The maximum atomic E-state index is 12.7. The van der Waals surface area contributed by atoms with E-state index in [1.807, 2.05) is 80.5 Å². The molecule has 3 aromatic rings. The quantitative estimate of drug-likeness (QED) is 0.678. The van der Waals surface area contributed by atoms with Crippen molar-refractivity contribution in [3.8, 4) is 0 Å². The van der Waals surface area contributed by atoms with Crippen molar-refractivity contribution < 1.29 is 4.79 Å². The second kappa shape index (κ2) is 8.99. The second-order valence-electron chi connectivity index (χ2n) is 6.68. The van der Waals surface area contributed by atoms with Gasteiger partial charge in [-0.1, -0.05) is 30.3 Å². The van der Waals surface area contributed by atoms with Crippen LogP contribution in [0, 0.1) is 0 Å². The highest BCUT2D eigenvalue weighted by Gasteiger charge is 2.16. The van der Waals surface area contributed by atoms with E-state index in [0.717, 1.165) is 16.9 Å². The molecule has 144 valence electrons. The summed E-state index contributed by atoms with van der Waals surface area (Å²) in [5.74, 6) is 0.473. The number of nitrogens with zero attached hydrogens (tertiary/aromatic N) is 4. The van der Waals surface area contributed by atoms with Crippen LogP contribution in [0.1, 0.15) is 23.0 Å². The number of hydrogen-bond acceptors (Lipinski definition) is 5. The van der Waals surface area contributed by atoms with Crippen LogP contribution in [-0.4, -0.2) is 41.6 Å². The van der Waals surface area contributed by atoms with Crippen LogP contribution in [0.2, 0.25) is 0 Å². The summed E-state index contributed by atoms with van der Waals surface area (Å²) in [5, 5.41) is 11.5. The van der Waals surface area contributed by atoms with Gasteiger partial charge in [-0.05, 0) is 48.9 Å². The molecule has 28 heavy (non-hydrogen) atoms. The van der Waals surface area contributed by atoms with Crippen LogP contribution in [0.25, 0.3) is 0 Å². The Bertz CT molecular complexity index is 892. The first-order valence-electron chi connectivity index (χ1n) is 9.28. The van der Waals surface area contributed by atoms with Crippen molar-refractivity contribution in [1.29, 1.82) is 0 Å². The first kappa shape index (κ1) is 19.4. The molecule has 0 fully saturated rings. The maximum Gasteiger partial charge on any atom is 0.274 e. The fourth-order valence-corrected chi connectivity index (χ4v) is 2.80. The number of hydrogen-bond donors (Lipinski definition) is 1. The molecule has 1 aromatic heterocycles. The molecule has 0 aliphatic rings. The molecule has 0 spiro atoms. The van der Waals surface area contributed by atoms with E-state index in [9.17, 15) is 4.79 Å². The molecule has 0 bridgehead atoms. The number of benzene rings is 2. The van der Waals surface area contributed by atoms with Crippen LogP contribution >= 0.6 is 0 Å². The van der Waals surface area contributed by atoms with Crippen molar-refractivity contribution in [2.45, 2.75) is 13.5 Å². The highest BCUT2D eigenvalue weighted by molar-refractivity contribution is 5.92. The zero-order valence-corrected chi connectivity index (χ0v) is 16.5. The smallest absolute Gasteiger partial charge is 0.274 e. The standard InChI is InChI=1S/C22H25N5O/c1-4-27(16-17-8-6-5-7-9-17)22(28)20-14-15-21(25-24-20)23-18-10-12-19(13-11-18)26(2)3/h5-15H,4,16H2,1-3H3,(H,23,25). The minimum atomic E-state index is -0.124. The number of rotatable bonds is 7. The average Bonchev–Trinajstić information content (AvgIpc) is 2.73. The predicted octanol–water partition coefficient (Wildman–Crippen LogP) is 3.95. The van der Waals surface area contributed by atoms with Crippen LogP contribution in [0.3, 0.4) is 0 Å². The maximum absolute atomic E-state index is 12.7. The Morgan fingerprint density at radius 3 is 2.21 bits per heavy atom. The van der Waals surface area contributed by atoms with E-state index in [0.29, 0.717) is 24.6 Å². The fourth-order valence-electron chi connectivity index (χ4n) is 2.80. The van der Waals surface area contributed by atoms with E-state index in [2.05, 4.69) is 15.5 Å². The zero-order valence-electron chi connectivity index (χ0n) is 16.5. The van der Waals surface area contributed by atoms with Gasteiger partial charge in [0.05, 0.1) is 0 Å². The number of amides is 1. The molecule has 0 radical (unpaired) electrons. The lowest BCUT2D eigenvalue weighted by molar-refractivity contribution is 0.0745. The van der Waals surface area contributed by atoms with Gasteiger partial charge in [-0.15, -0.1) is 10.2 Å². The van der Waals surface area contributed by atoms with Crippen LogP contribution in [0.5, 0.6) is 0 Å². The summed E-state index contributed by atoms with van der Waals surface area (Å²) in [4.78, 5) is 16.5. The molecule has 0 saturated carbocycles. The highest BCUT2D eigenvalue weighted by atomic mass is 16.2. The van der Waals surface area contributed by atoms with Crippen molar-refractivity contribution >= 4 is 23.1 Å². The van der Waals surface area contributed by atoms with Gasteiger partial charge in [0, 0.05) is 38.6 Å². The van der Waals surface area contributed by atoms with Crippen LogP contribution in [0.4, 0.5) is 17.2 Å². The van der Waals surface area contributed by atoms with E-state index in [1.54, 1.807) is 17.0 Å². The van der Waals surface area contributed by atoms with Gasteiger partial charge in [0.1, 0.15) is 0 Å². The zero-order chi connectivity index (χ0) is 19.9. The molecule has 1 N–H and O–H groups in total. The molecular formula is C22H25N5O. The molecule has 1 amide bonds. The summed E-state index contributed by atoms with van der Waals surface area (Å²) in [6, 6.07) is 21.4. The van der Waals surface area contributed by atoms with E-state index >= 15 is 0 Å². The van der Waals surface area contributed by atoms with Gasteiger partial charge in [0.25, 0.3) is 5.91 Å². The monoisotopic (exact) mass is 375 g/mol. The molecule has 0 unspecified atom stereocenters. The Labute approximate surface area is 165 Å². The van der Waals surface area contributed by atoms with Gasteiger partial charge in [-0.25, -0.2) is 0 Å². The van der Waals surface area contributed by atoms with Crippen molar-refractivity contribution in [2.75, 3.05) is 30.9 Å². The lowest BCUT2D eigenvalue weighted by atomic mass is 10.2. The van der Waals surface area contributed by atoms with Crippen molar-refractivity contribution in [2.24, 2.45) is 0 Å². The second-order valence-corrected chi connectivity index (χ2v) is 6.68. The Kier molecular flexibility index (Phi) is 6.22. The number of aromatic nitrogens is 2. The third-order valence-corrected chi connectivity index (χ3v) is 4.42. The van der Waals surface area contributed by atoms with Crippen LogP contribution in [0.15, 0.2) is 66.7 Å². The summed E-state index contributed by atoms with van der Waals surface area (Å²) in [6.07, 6.45) is 0. The number of nitrogens with one attached hydrogen (secondary N) is 1. The summed E-state index contributed by atoms with van der Waals surface area (Å²) in [7, 11) is 4.00. The lowest BCUT2D eigenvalue weighted by Gasteiger charge is -2.20. The molecule has 6 nitrogen and oxygen atoms in total. The molecule has 3 rings (SSSR count). The third-order valence-electron chi connectivity index (χ3n) is 4.42. The van der Waals surface area contributed by atoms with Crippen molar-refractivity contribution in [3.63, 3.8) is 0 Å². The molecule has 0 atom stereocenters. The Morgan fingerprint density at radius 1 is 0.929 bits per heavy atom. The van der Waals surface area contributed by atoms with Crippen LogP contribution < -0.4 is 10.2 Å². The molecule has 0 aliphatic carbocycles. The predicted molar refractivity (Wildman–Crippen MR) is 113 cm³/mol. The number of anilines is 3. The largest absolute Gasteiger partial charge is 0.378 e. The average molecular weight is 375 g/mol. The van der Waals surface area contributed by atoms with E-state index in [4.69, 9.17) is 0 Å². The fraction of sp³-hybridized carbons (Fsp3) is 0.227. The van der Waals surface area contributed by atoms with Crippen LogP contribution in [-0.2, 0) is 6.54 Å². The SMILES string of the molecule is CCN(Cc1ccccc1)C(=O)c1ccc(Nc2ccc(N(C)C)cc2)nn1. The van der Waals surface area contributed by atoms with Gasteiger partial charge < -0.3 is 15.1 Å². The van der Waals surface area contributed by atoms with Crippen molar-refractivity contribution in [1.82, 2.24) is 15.1 Å². The molecule has 0 saturated heterocycles. The van der Waals surface area contributed by atoms with E-state index in [-0.39, 0.29) is 5.91 Å². The Hall–Kier alpha value is -3.41. The van der Waals surface area contributed by atoms with Gasteiger partial charge in [0.2, 0.25) is 0 Å². The molecule has 1 heterocycles. The number of carbonyl (C=O) groups excluding carboxylic acids is 1. The highest BCUT2D eigenvalue weighted by Crippen LogP contribution is 2.19. The summed E-state index contributed by atoms with van der Waals surface area (Å²) >= 11 is 0. The van der Waals surface area contributed by atoms with E-state index < -0.39 is 0 Å². The van der Waals surface area contributed by atoms with Gasteiger partial charge >= 0.3 is 0 Å². The minimum Gasteiger partial charge on any atom is -0.378 e. The van der Waals surface area contributed by atoms with Gasteiger partial charge in [0.15, 0.2) is 11.5 Å². The first-order chi connectivity index (χ1) is 13.6. The minimum absolute atomic E-state index is 0.124. The Morgan fingerprint density at radius 2 is 1.64 bits per heavy atom. The summed E-state index contributed by atoms with van der Waals surface area (Å²) in [6.45, 7) is 3.12. The summed E-state index contributed by atoms with van der Waals surface area (Å²) < 4.78 is 0. The van der Waals surface area contributed by atoms with E-state index in [1.165, 1.54) is 0 Å². The summed E-state index contributed by atoms with van der Waals surface area (Å²) in [5.41, 5.74) is 3.46. The third kappa shape index (κ3) is 4.85. The first-order valence-corrected chi connectivity index (χ1v) is 9.28. The Balaban J connectivity index is 1.66. The molecule has 6 heteroatoms. The van der Waals surface area contributed by atoms with Gasteiger partial charge in [-0.2, -0.15) is 0 Å².